The Kier molecular flexibility index (Phi) is 5.84. The molecule has 4 rings (SSSR count). The summed E-state index contributed by atoms with van der Waals surface area (Å²) in [5.74, 6) is -3.43. The van der Waals surface area contributed by atoms with E-state index in [1.807, 2.05) is 0 Å². The average Bonchev–Trinajstić information content (AvgIpc) is 3.21. The summed E-state index contributed by atoms with van der Waals surface area (Å²) in [6.45, 7) is -0.0283. The van der Waals surface area contributed by atoms with Gasteiger partial charge in [-0.15, -0.1) is 0 Å². The SMILES string of the molecule is O=C(O)CS(=O)(=O)c1cc(CNC(=O)c2cncc3c2cnn3-c2ccc(F)cc2)ccn1. The van der Waals surface area contributed by atoms with E-state index < -0.39 is 27.5 Å². The van der Waals surface area contributed by atoms with Crippen molar-refractivity contribution in [3.8, 4) is 5.69 Å². The van der Waals surface area contributed by atoms with Crippen molar-refractivity contribution in [3.63, 3.8) is 0 Å². The van der Waals surface area contributed by atoms with E-state index in [2.05, 4.69) is 20.4 Å². The molecule has 0 aliphatic heterocycles. The Balaban J connectivity index is 1.55. The number of rotatable bonds is 7. The van der Waals surface area contributed by atoms with Crippen LogP contribution in [-0.4, -0.2) is 50.9 Å². The highest BCUT2D eigenvalue weighted by molar-refractivity contribution is 7.92. The third-order valence-electron chi connectivity index (χ3n) is 4.70. The van der Waals surface area contributed by atoms with Crippen LogP contribution in [0.2, 0.25) is 0 Å². The third-order valence-corrected chi connectivity index (χ3v) is 6.18. The molecule has 4 aromatic rings. The topological polar surface area (TPSA) is 144 Å². The van der Waals surface area contributed by atoms with Gasteiger partial charge in [0.25, 0.3) is 5.91 Å². The number of carbonyl (C=O) groups is 2. The lowest BCUT2D eigenvalue weighted by molar-refractivity contribution is -0.134. The van der Waals surface area contributed by atoms with Crippen LogP contribution in [0.15, 0.2) is 66.2 Å². The molecule has 0 atom stereocenters. The second kappa shape index (κ2) is 8.74. The zero-order chi connectivity index (χ0) is 23.6. The number of amides is 1. The molecule has 0 radical (unpaired) electrons. The molecule has 0 fully saturated rings. The van der Waals surface area contributed by atoms with E-state index in [9.17, 15) is 22.4 Å². The van der Waals surface area contributed by atoms with Gasteiger partial charge in [0.2, 0.25) is 9.84 Å². The van der Waals surface area contributed by atoms with Gasteiger partial charge < -0.3 is 10.4 Å². The van der Waals surface area contributed by atoms with Crippen LogP contribution < -0.4 is 5.32 Å². The molecular formula is C21H16FN5O5S. The summed E-state index contributed by atoms with van der Waals surface area (Å²) in [7, 11) is -4.10. The maximum atomic E-state index is 13.2. The summed E-state index contributed by atoms with van der Waals surface area (Å²) in [6.07, 6.45) is 5.64. The van der Waals surface area contributed by atoms with Gasteiger partial charge in [-0.2, -0.15) is 5.10 Å². The molecule has 0 bridgehead atoms. The Bertz CT molecular complexity index is 1470. The highest BCUT2D eigenvalue weighted by Gasteiger charge is 2.21. The van der Waals surface area contributed by atoms with Crippen molar-refractivity contribution in [2.24, 2.45) is 0 Å². The zero-order valence-electron chi connectivity index (χ0n) is 16.8. The van der Waals surface area contributed by atoms with E-state index in [4.69, 9.17) is 5.11 Å². The summed E-state index contributed by atoms with van der Waals surface area (Å²) in [5, 5.41) is 15.8. The van der Waals surface area contributed by atoms with Crippen molar-refractivity contribution < 1.29 is 27.5 Å². The number of fused-ring (bicyclic) bond motifs is 1. The normalized spacial score (nSPS) is 11.4. The summed E-state index contributed by atoms with van der Waals surface area (Å²) >= 11 is 0. The van der Waals surface area contributed by atoms with E-state index in [1.165, 1.54) is 53.7 Å². The minimum Gasteiger partial charge on any atom is -0.480 e. The number of pyridine rings is 2. The van der Waals surface area contributed by atoms with Gasteiger partial charge in [0.1, 0.15) is 5.82 Å². The number of aromatic nitrogens is 4. The lowest BCUT2D eigenvalue weighted by Crippen LogP contribution is -2.23. The van der Waals surface area contributed by atoms with E-state index in [0.717, 1.165) is 0 Å². The van der Waals surface area contributed by atoms with Gasteiger partial charge in [-0.1, -0.05) is 0 Å². The van der Waals surface area contributed by atoms with Crippen molar-refractivity contribution in [3.05, 3.63) is 78.1 Å². The number of hydrogen-bond acceptors (Lipinski definition) is 7. The number of aliphatic carboxylic acids is 1. The largest absolute Gasteiger partial charge is 0.480 e. The molecule has 1 amide bonds. The standard InChI is InChI=1S/C21H16FN5O5S/c22-14-1-3-15(4-2-14)27-18-11-23-9-17(16(18)10-26-27)21(30)25-8-13-5-6-24-19(7-13)33(31,32)12-20(28)29/h1-7,9-11H,8,12H2,(H,25,30)(H,28,29). The van der Waals surface area contributed by atoms with Crippen LogP contribution in [0.25, 0.3) is 16.6 Å². The van der Waals surface area contributed by atoms with Gasteiger partial charge in [0.15, 0.2) is 10.8 Å². The minimum atomic E-state index is -4.10. The minimum absolute atomic E-state index is 0.0283. The van der Waals surface area contributed by atoms with Crippen LogP contribution >= 0.6 is 0 Å². The fraction of sp³-hybridized carbons (Fsp3) is 0.0952. The number of carboxylic acid groups (broad SMARTS) is 1. The maximum absolute atomic E-state index is 13.2. The van der Waals surface area contributed by atoms with Gasteiger partial charge in [-0.3, -0.25) is 14.6 Å². The molecule has 2 N–H and O–H groups in total. The highest BCUT2D eigenvalue weighted by atomic mass is 32.2. The molecular weight excluding hydrogens is 453 g/mol. The maximum Gasteiger partial charge on any atom is 0.319 e. The van der Waals surface area contributed by atoms with E-state index >= 15 is 0 Å². The van der Waals surface area contributed by atoms with Gasteiger partial charge in [-0.25, -0.2) is 22.5 Å². The van der Waals surface area contributed by atoms with Crippen LogP contribution in [0, 0.1) is 5.82 Å². The molecule has 33 heavy (non-hydrogen) atoms. The molecule has 0 unspecified atom stereocenters. The summed E-state index contributed by atoms with van der Waals surface area (Å²) in [4.78, 5) is 31.4. The molecule has 0 aliphatic rings. The molecule has 3 aromatic heterocycles. The lowest BCUT2D eigenvalue weighted by atomic mass is 10.1. The van der Waals surface area contributed by atoms with Gasteiger partial charge in [-0.05, 0) is 42.0 Å². The third kappa shape index (κ3) is 4.70. The molecule has 0 aliphatic carbocycles. The number of halogens is 1. The lowest BCUT2D eigenvalue weighted by Gasteiger charge is -2.08. The molecule has 0 saturated heterocycles. The fourth-order valence-electron chi connectivity index (χ4n) is 3.16. The predicted octanol–water partition coefficient (Wildman–Crippen LogP) is 1.74. The summed E-state index contributed by atoms with van der Waals surface area (Å²) in [5.41, 5.74) is 1.80. The smallest absolute Gasteiger partial charge is 0.319 e. The Labute approximate surface area is 186 Å². The molecule has 12 heteroatoms. The van der Waals surface area contributed by atoms with E-state index in [0.29, 0.717) is 22.2 Å². The fourth-order valence-corrected chi connectivity index (χ4v) is 4.18. The Hall–Kier alpha value is -4.19. The zero-order valence-corrected chi connectivity index (χ0v) is 17.7. The number of benzene rings is 1. The summed E-state index contributed by atoms with van der Waals surface area (Å²) < 4.78 is 38.9. The molecule has 168 valence electrons. The first-order valence-corrected chi connectivity index (χ1v) is 11.2. The predicted molar refractivity (Wildman–Crippen MR) is 114 cm³/mol. The van der Waals surface area contributed by atoms with Crippen molar-refractivity contribution in [1.29, 1.82) is 0 Å². The second-order valence-electron chi connectivity index (χ2n) is 6.99. The van der Waals surface area contributed by atoms with Crippen LogP contribution in [0.5, 0.6) is 0 Å². The van der Waals surface area contributed by atoms with Crippen LogP contribution in [0.1, 0.15) is 15.9 Å². The number of carboxylic acids is 1. The van der Waals surface area contributed by atoms with E-state index in [-0.39, 0.29) is 23.0 Å². The molecule has 0 spiro atoms. The first-order chi connectivity index (χ1) is 15.7. The first-order valence-electron chi connectivity index (χ1n) is 9.50. The van der Waals surface area contributed by atoms with Crippen molar-refractivity contribution in [1.82, 2.24) is 25.1 Å². The average molecular weight is 469 g/mol. The highest BCUT2D eigenvalue weighted by Crippen LogP contribution is 2.21. The Morgan fingerprint density at radius 3 is 2.58 bits per heavy atom. The summed E-state index contributed by atoms with van der Waals surface area (Å²) in [6, 6.07) is 8.41. The number of nitrogens with zero attached hydrogens (tertiary/aromatic N) is 4. The van der Waals surface area contributed by atoms with Crippen LogP contribution in [-0.2, 0) is 21.2 Å². The van der Waals surface area contributed by atoms with E-state index in [1.54, 1.807) is 12.1 Å². The second-order valence-corrected chi connectivity index (χ2v) is 8.93. The Morgan fingerprint density at radius 1 is 1.09 bits per heavy atom. The number of nitrogens with one attached hydrogen (secondary N) is 1. The van der Waals surface area contributed by atoms with Crippen molar-refractivity contribution >= 4 is 32.6 Å². The number of hydrogen-bond donors (Lipinski definition) is 2. The van der Waals surface area contributed by atoms with Gasteiger partial charge in [0, 0.05) is 24.3 Å². The van der Waals surface area contributed by atoms with Gasteiger partial charge in [0.05, 0.1) is 29.2 Å². The van der Waals surface area contributed by atoms with Gasteiger partial charge >= 0.3 is 5.97 Å². The molecule has 10 nitrogen and oxygen atoms in total. The number of sulfone groups is 1. The van der Waals surface area contributed by atoms with Crippen LogP contribution in [0.3, 0.4) is 0 Å². The van der Waals surface area contributed by atoms with Crippen molar-refractivity contribution in [2.75, 3.05) is 5.75 Å². The monoisotopic (exact) mass is 469 g/mol. The molecule has 1 aromatic carbocycles. The molecule has 0 saturated carbocycles. The first kappa shape index (κ1) is 22.0. The number of carbonyl (C=O) groups excluding carboxylic acids is 1. The quantitative estimate of drug-likeness (QED) is 0.417. The Morgan fingerprint density at radius 2 is 1.85 bits per heavy atom. The van der Waals surface area contributed by atoms with Crippen molar-refractivity contribution in [2.45, 2.75) is 11.6 Å². The van der Waals surface area contributed by atoms with Crippen LogP contribution in [0.4, 0.5) is 4.39 Å². The molecule has 3 heterocycles.